The van der Waals surface area contributed by atoms with Crippen molar-refractivity contribution >= 4 is 22.7 Å². The van der Waals surface area contributed by atoms with E-state index in [0.29, 0.717) is 11.0 Å². The van der Waals surface area contributed by atoms with Crippen molar-refractivity contribution in [1.29, 1.82) is 0 Å². The number of hydrogen-bond acceptors (Lipinski definition) is 6. The van der Waals surface area contributed by atoms with E-state index in [1.807, 2.05) is 0 Å². The van der Waals surface area contributed by atoms with Gasteiger partial charge in [0.05, 0.1) is 10.4 Å². The Morgan fingerprint density at radius 2 is 2.00 bits per heavy atom. The maximum atomic E-state index is 11.1. The van der Waals surface area contributed by atoms with E-state index in [1.165, 1.54) is 0 Å². The lowest BCUT2D eigenvalue weighted by Crippen LogP contribution is -2.09. The molecule has 2 heterocycles. The standard InChI is InChI=1S/C12H7N5O4/c18-12(19)8-5-6-10(17(20)21)11(13-8)16-9-4-2-1-3-7(9)14-15-16/h1-6H,(H,18,19). The predicted octanol–water partition coefficient (Wildman–Crippen LogP) is 1.42. The topological polar surface area (TPSA) is 124 Å². The number of nitro groups is 1. The summed E-state index contributed by atoms with van der Waals surface area (Å²) in [6.45, 7) is 0. The molecule has 2 aromatic heterocycles. The van der Waals surface area contributed by atoms with Crippen molar-refractivity contribution in [2.75, 3.05) is 0 Å². The molecule has 3 aromatic rings. The average molecular weight is 285 g/mol. The zero-order valence-corrected chi connectivity index (χ0v) is 10.4. The minimum Gasteiger partial charge on any atom is -0.477 e. The number of rotatable bonds is 3. The van der Waals surface area contributed by atoms with E-state index in [4.69, 9.17) is 5.11 Å². The van der Waals surface area contributed by atoms with Crippen molar-refractivity contribution in [2.45, 2.75) is 0 Å². The molecule has 0 amide bonds. The SMILES string of the molecule is O=C(O)c1ccc([N+](=O)[O-])c(-n2nnc3ccccc32)n1. The van der Waals surface area contributed by atoms with E-state index in [1.54, 1.807) is 24.3 Å². The van der Waals surface area contributed by atoms with Crippen LogP contribution in [0.1, 0.15) is 10.5 Å². The van der Waals surface area contributed by atoms with Gasteiger partial charge in [0.1, 0.15) is 5.52 Å². The number of aromatic carboxylic acids is 1. The molecule has 3 rings (SSSR count). The highest BCUT2D eigenvalue weighted by Crippen LogP contribution is 2.23. The van der Waals surface area contributed by atoms with Gasteiger partial charge in [-0.15, -0.1) is 5.10 Å². The van der Waals surface area contributed by atoms with Gasteiger partial charge in [-0.2, -0.15) is 4.68 Å². The molecule has 0 aliphatic carbocycles. The fourth-order valence-electron chi connectivity index (χ4n) is 1.88. The van der Waals surface area contributed by atoms with Gasteiger partial charge in [-0.25, -0.2) is 9.78 Å². The van der Waals surface area contributed by atoms with Crippen LogP contribution >= 0.6 is 0 Å². The molecule has 0 aliphatic heterocycles. The monoisotopic (exact) mass is 285 g/mol. The zero-order valence-electron chi connectivity index (χ0n) is 10.4. The van der Waals surface area contributed by atoms with E-state index >= 15 is 0 Å². The number of pyridine rings is 1. The quantitative estimate of drug-likeness (QED) is 0.570. The van der Waals surface area contributed by atoms with Gasteiger partial charge in [0.2, 0.25) is 5.82 Å². The predicted molar refractivity (Wildman–Crippen MR) is 70.3 cm³/mol. The van der Waals surface area contributed by atoms with E-state index in [9.17, 15) is 14.9 Å². The van der Waals surface area contributed by atoms with Crippen LogP contribution in [0.15, 0.2) is 36.4 Å². The third-order valence-electron chi connectivity index (χ3n) is 2.82. The second-order valence-corrected chi connectivity index (χ2v) is 4.09. The highest BCUT2D eigenvalue weighted by atomic mass is 16.6. The molecule has 21 heavy (non-hydrogen) atoms. The number of benzene rings is 1. The Morgan fingerprint density at radius 3 is 2.71 bits per heavy atom. The van der Waals surface area contributed by atoms with Gasteiger partial charge in [-0.05, 0) is 18.2 Å². The number of carboxylic acids is 1. The summed E-state index contributed by atoms with van der Waals surface area (Å²) in [4.78, 5) is 25.2. The fourth-order valence-corrected chi connectivity index (χ4v) is 1.88. The van der Waals surface area contributed by atoms with Gasteiger partial charge in [0, 0.05) is 6.07 Å². The number of carboxylic acid groups (broad SMARTS) is 1. The van der Waals surface area contributed by atoms with E-state index in [2.05, 4.69) is 15.3 Å². The first-order valence-electron chi connectivity index (χ1n) is 5.77. The average Bonchev–Trinajstić information content (AvgIpc) is 2.90. The second kappa shape index (κ2) is 4.63. The lowest BCUT2D eigenvalue weighted by atomic mass is 10.3. The molecule has 1 N–H and O–H groups in total. The second-order valence-electron chi connectivity index (χ2n) is 4.09. The maximum Gasteiger partial charge on any atom is 0.354 e. The summed E-state index contributed by atoms with van der Waals surface area (Å²) >= 11 is 0. The van der Waals surface area contributed by atoms with Crippen molar-refractivity contribution in [1.82, 2.24) is 20.0 Å². The number of hydrogen-bond donors (Lipinski definition) is 1. The molecule has 0 aliphatic rings. The van der Waals surface area contributed by atoms with E-state index in [0.717, 1.165) is 16.8 Å². The first kappa shape index (κ1) is 12.7. The van der Waals surface area contributed by atoms with Gasteiger partial charge < -0.3 is 5.11 Å². The Labute approximate surface area is 116 Å². The van der Waals surface area contributed by atoms with Crippen LogP contribution in [0.5, 0.6) is 0 Å². The Morgan fingerprint density at radius 1 is 1.24 bits per heavy atom. The fraction of sp³-hybridized carbons (Fsp3) is 0. The molecule has 0 saturated carbocycles. The Bertz CT molecular complexity index is 873. The van der Waals surface area contributed by atoms with Crippen molar-refractivity contribution in [3.8, 4) is 5.82 Å². The van der Waals surface area contributed by atoms with Crippen LogP contribution < -0.4 is 0 Å². The normalized spacial score (nSPS) is 10.7. The van der Waals surface area contributed by atoms with Crippen LogP contribution in [0, 0.1) is 10.1 Å². The maximum absolute atomic E-state index is 11.1. The van der Waals surface area contributed by atoms with Crippen LogP contribution in [0.2, 0.25) is 0 Å². The third-order valence-corrected chi connectivity index (χ3v) is 2.82. The molecule has 0 saturated heterocycles. The molecule has 0 atom stereocenters. The molecule has 0 radical (unpaired) electrons. The van der Waals surface area contributed by atoms with Crippen LogP contribution in [-0.4, -0.2) is 36.0 Å². The highest BCUT2D eigenvalue weighted by molar-refractivity contribution is 5.86. The first-order valence-corrected chi connectivity index (χ1v) is 5.77. The van der Waals surface area contributed by atoms with Gasteiger partial charge >= 0.3 is 11.7 Å². The molecule has 0 bridgehead atoms. The molecular weight excluding hydrogens is 278 g/mol. The molecule has 0 fully saturated rings. The number of para-hydroxylation sites is 1. The van der Waals surface area contributed by atoms with Gasteiger partial charge in [-0.3, -0.25) is 10.1 Å². The zero-order chi connectivity index (χ0) is 15.0. The van der Waals surface area contributed by atoms with Crippen molar-refractivity contribution in [3.05, 3.63) is 52.2 Å². The molecule has 0 unspecified atom stereocenters. The smallest absolute Gasteiger partial charge is 0.354 e. The van der Waals surface area contributed by atoms with E-state index < -0.39 is 10.9 Å². The van der Waals surface area contributed by atoms with Crippen LogP contribution in [0.25, 0.3) is 16.9 Å². The van der Waals surface area contributed by atoms with Crippen LogP contribution in [0.4, 0.5) is 5.69 Å². The Hall–Kier alpha value is -3.36. The Kier molecular flexibility index (Phi) is 2.79. The highest BCUT2D eigenvalue weighted by Gasteiger charge is 2.22. The third kappa shape index (κ3) is 2.06. The number of carbonyl (C=O) groups is 1. The number of nitrogens with zero attached hydrogens (tertiary/aromatic N) is 5. The molecule has 104 valence electrons. The minimum atomic E-state index is -1.28. The molecule has 0 spiro atoms. The minimum absolute atomic E-state index is 0.186. The molecule has 9 heteroatoms. The summed E-state index contributed by atoms with van der Waals surface area (Å²) in [5, 5.41) is 27.8. The largest absolute Gasteiger partial charge is 0.477 e. The number of fused-ring (bicyclic) bond motifs is 1. The molecule has 1 aromatic carbocycles. The molecule has 9 nitrogen and oxygen atoms in total. The summed E-state index contributed by atoms with van der Waals surface area (Å²) in [7, 11) is 0. The summed E-state index contributed by atoms with van der Waals surface area (Å²) in [5.74, 6) is -1.47. The van der Waals surface area contributed by atoms with Gasteiger partial charge in [0.25, 0.3) is 0 Å². The first-order chi connectivity index (χ1) is 10.1. The van der Waals surface area contributed by atoms with Crippen molar-refractivity contribution < 1.29 is 14.8 Å². The molecular formula is C12H7N5O4. The number of aromatic nitrogens is 4. The lowest BCUT2D eigenvalue weighted by Gasteiger charge is -2.03. The van der Waals surface area contributed by atoms with E-state index in [-0.39, 0.29) is 17.2 Å². The summed E-state index contributed by atoms with van der Waals surface area (Å²) < 4.78 is 1.15. The lowest BCUT2D eigenvalue weighted by molar-refractivity contribution is -0.384. The van der Waals surface area contributed by atoms with Gasteiger partial charge in [-0.1, -0.05) is 17.3 Å². The van der Waals surface area contributed by atoms with Crippen molar-refractivity contribution in [3.63, 3.8) is 0 Å². The van der Waals surface area contributed by atoms with Crippen LogP contribution in [-0.2, 0) is 0 Å². The summed E-state index contributed by atoms with van der Waals surface area (Å²) in [6, 6.07) is 8.97. The summed E-state index contributed by atoms with van der Waals surface area (Å²) in [5.41, 5.74) is 0.357. The van der Waals surface area contributed by atoms with Crippen molar-refractivity contribution in [2.24, 2.45) is 0 Å². The van der Waals surface area contributed by atoms with Gasteiger partial charge in [0.15, 0.2) is 5.69 Å². The Balaban J connectivity index is 2.31. The summed E-state index contributed by atoms with van der Waals surface area (Å²) in [6.07, 6.45) is 0. The van der Waals surface area contributed by atoms with Crippen LogP contribution in [0.3, 0.4) is 0 Å².